The number of hydrazone groups is 1. The van der Waals surface area contributed by atoms with Crippen LogP contribution in [0.15, 0.2) is 47.6 Å². The molecule has 0 aliphatic rings. The molecular weight excluding hydrogens is 314 g/mol. The van der Waals surface area contributed by atoms with Crippen LogP contribution in [-0.4, -0.2) is 25.8 Å². The van der Waals surface area contributed by atoms with Gasteiger partial charge in [-0.25, -0.2) is 5.43 Å². The molecule has 0 aliphatic heterocycles. The van der Waals surface area contributed by atoms with Crippen LogP contribution in [0.3, 0.4) is 0 Å². The maximum absolute atomic E-state index is 11.8. The second kappa shape index (κ2) is 8.19. The number of hydrogen-bond acceptors (Lipinski definition) is 4. The largest absolute Gasteiger partial charge is 0.496 e. The molecule has 2 aromatic carbocycles. The highest BCUT2D eigenvalue weighted by Crippen LogP contribution is 2.22. The van der Waals surface area contributed by atoms with E-state index in [1.807, 2.05) is 43.3 Å². The SMILES string of the molecule is COc1ccccc1C=NNC(=O)CNc1cccc(Cl)c1C. The maximum atomic E-state index is 11.8. The van der Waals surface area contributed by atoms with Crippen molar-refractivity contribution >= 4 is 29.4 Å². The summed E-state index contributed by atoms with van der Waals surface area (Å²) in [6, 6.07) is 12.9. The summed E-state index contributed by atoms with van der Waals surface area (Å²) in [6.07, 6.45) is 1.54. The molecule has 0 fully saturated rings. The van der Waals surface area contributed by atoms with Gasteiger partial charge in [0.15, 0.2) is 0 Å². The lowest BCUT2D eigenvalue weighted by Gasteiger charge is -2.09. The van der Waals surface area contributed by atoms with Gasteiger partial charge in [-0.1, -0.05) is 29.8 Å². The van der Waals surface area contributed by atoms with Gasteiger partial charge in [0.2, 0.25) is 0 Å². The molecule has 0 aliphatic carbocycles. The van der Waals surface area contributed by atoms with E-state index < -0.39 is 0 Å². The van der Waals surface area contributed by atoms with E-state index in [0.29, 0.717) is 10.8 Å². The van der Waals surface area contributed by atoms with Gasteiger partial charge < -0.3 is 10.1 Å². The Hall–Kier alpha value is -2.53. The van der Waals surface area contributed by atoms with Gasteiger partial charge in [0, 0.05) is 16.3 Å². The van der Waals surface area contributed by atoms with E-state index in [9.17, 15) is 4.79 Å². The van der Waals surface area contributed by atoms with Crippen molar-refractivity contribution in [2.75, 3.05) is 19.0 Å². The van der Waals surface area contributed by atoms with Crippen molar-refractivity contribution in [2.24, 2.45) is 5.10 Å². The summed E-state index contributed by atoms with van der Waals surface area (Å²) in [7, 11) is 1.59. The average Bonchev–Trinajstić information content (AvgIpc) is 2.56. The number of carbonyl (C=O) groups excluding carboxylic acids is 1. The molecule has 0 aromatic heterocycles. The van der Waals surface area contributed by atoms with Gasteiger partial charge >= 0.3 is 0 Å². The number of halogens is 1. The fourth-order valence-electron chi connectivity index (χ4n) is 1.96. The molecule has 5 nitrogen and oxygen atoms in total. The van der Waals surface area contributed by atoms with Crippen molar-refractivity contribution in [3.05, 3.63) is 58.6 Å². The summed E-state index contributed by atoms with van der Waals surface area (Å²) < 4.78 is 5.20. The van der Waals surface area contributed by atoms with E-state index in [-0.39, 0.29) is 12.5 Å². The van der Waals surface area contributed by atoms with Gasteiger partial charge in [0.1, 0.15) is 5.75 Å². The minimum atomic E-state index is -0.254. The van der Waals surface area contributed by atoms with Gasteiger partial charge in [-0.05, 0) is 36.8 Å². The number of ether oxygens (including phenoxy) is 1. The predicted octanol–water partition coefficient (Wildman–Crippen LogP) is 3.22. The van der Waals surface area contributed by atoms with E-state index in [4.69, 9.17) is 16.3 Å². The van der Waals surface area contributed by atoms with Crippen LogP contribution in [0, 0.1) is 6.92 Å². The Morgan fingerprint density at radius 1 is 1.26 bits per heavy atom. The molecule has 6 heteroatoms. The number of hydrogen-bond donors (Lipinski definition) is 2. The molecule has 0 radical (unpaired) electrons. The highest BCUT2D eigenvalue weighted by atomic mass is 35.5. The van der Waals surface area contributed by atoms with Crippen LogP contribution in [0.2, 0.25) is 5.02 Å². The Bertz CT molecular complexity index is 717. The van der Waals surface area contributed by atoms with Crippen LogP contribution < -0.4 is 15.5 Å². The van der Waals surface area contributed by atoms with Gasteiger partial charge in [0.05, 0.1) is 19.9 Å². The molecule has 2 rings (SSSR count). The van der Waals surface area contributed by atoms with Crippen molar-refractivity contribution in [2.45, 2.75) is 6.92 Å². The molecule has 120 valence electrons. The van der Waals surface area contributed by atoms with Crippen LogP contribution >= 0.6 is 11.6 Å². The molecule has 0 atom stereocenters. The smallest absolute Gasteiger partial charge is 0.259 e. The van der Waals surface area contributed by atoms with Crippen LogP contribution in [0.4, 0.5) is 5.69 Å². The lowest BCUT2D eigenvalue weighted by atomic mass is 10.2. The van der Waals surface area contributed by atoms with E-state index in [1.165, 1.54) is 0 Å². The van der Waals surface area contributed by atoms with E-state index in [0.717, 1.165) is 16.8 Å². The first kappa shape index (κ1) is 16.8. The summed E-state index contributed by atoms with van der Waals surface area (Å²) in [4.78, 5) is 11.8. The molecular formula is C17H18ClN3O2. The summed E-state index contributed by atoms with van der Waals surface area (Å²) in [5, 5.41) is 7.62. The van der Waals surface area contributed by atoms with Crippen LogP contribution in [-0.2, 0) is 4.79 Å². The number of amides is 1. The molecule has 0 saturated carbocycles. The van der Waals surface area contributed by atoms with Crippen molar-refractivity contribution in [1.82, 2.24) is 5.43 Å². The Balaban J connectivity index is 1.88. The third kappa shape index (κ3) is 4.72. The third-order valence-electron chi connectivity index (χ3n) is 3.24. The fourth-order valence-corrected chi connectivity index (χ4v) is 2.14. The first-order valence-electron chi connectivity index (χ1n) is 7.05. The number of anilines is 1. The molecule has 0 bridgehead atoms. The van der Waals surface area contributed by atoms with Crippen molar-refractivity contribution in [3.63, 3.8) is 0 Å². The molecule has 23 heavy (non-hydrogen) atoms. The number of benzene rings is 2. The minimum Gasteiger partial charge on any atom is -0.496 e. The van der Waals surface area contributed by atoms with Gasteiger partial charge in [-0.2, -0.15) is 5.10 Å². The second-order valence-electron chi connectivity index (χ2n) is 4.80. The molecule has 0 spiro atoms. The normalized spacial score (nSPS) is 10.6. The standard InChI is InChI=1S/C17H18ClN3O2/c1-12-14(18)7-5-8-15(12)19-11-17(22)21-20-10-13-6-3-4-9-16(13)23-2/h3-10,19H,11H2,1-2H3,(H,21,22). The zero-order valence-corrected chi connectivity index (χ0v) is 13.7. The quantitative estimate of drug-likeness (QED) is 0.631. The summed E-state index contributed by atoms with van der Waals surface area (Å²) >= 11 is 6.03. The number of nitrogens with zero attached hydrogens (tertiary/aromatic N) is 1. The van der Waals surface area contributed by atoms with E-state index in [2.05, 4.69) is 15.8 Å². The Morgan fingerprint density at radius 2 is 2.04 bits per heavy atom. The third-order valence-corrected chi connectivity index (χ3v) is 3.65. The minimum absolute atomic E-state index is 0.102. The number of methoxy groups -OCH3 is 1. The second-order valence-corrected chi connectivity index (χ2v) is 5.21. The van der Waals surface area contributed by atoms with Gasteiger partial charge in [-0.15, -0.1) is 0 Å². The first-order chi connectivity index (χ1) is 11.1. The summed E-state index contributed by atoms with van der Waals surface area (Å²) in [5.41, 5.74) is 4.98. The molecule has 0 heterocycles. The lowest BCUT2D eigenvalue weighted by molar-refractivity contribution is -0.119. The number of rotatable bonds is 6. The van der Waals surface area contributed by atoms with Crippen LogP contribution in [0.25, 0.3) is 0 Å². The van der Waals surface area contributed by atoms with Gasteiger partial charge in [-0.3, -0.25) is 4.79 Å². The lowest BCUT2D eigenvalue weighted by Crippen LogP contribution is -2.26. The van der Waals surface area contributed by atoms with Crippen molar-refractivity contribution < 1.29 is 9.53 Å². The van der Waals surface area contributed by atoms with Gasteiger partial charge in [0.25, 0.3) is 5.91 Å². The Morgan fingerprint density at radius 3 is 2.83 bits per heavy atom. The number of para-hydroxylation sites is 1. The van der Waals surface area contributed by atoms with Crippen molar-refractivity contribution in [1.29, 1.82) is 0 Å². The van der Waals surface area contributed by atoms with Crippen LogP contribution in [0.1, 0.15) is 11.1 Å². The first-order valence-corrected chi connectivity index (χ1v) is 7.43. The molecule has 1 amide bonds. The summed E-state index contributed by atoms with van der Waals surface area (Å²) in [5.74, 6) is 0.439. The van der Waals surface area contributed by atoms with E-state index in [1.54, 1.807) is 19.4 Å². The average molecular weight is 332 g/mol. The maximum Gasteiger partial charge on any atom is 0.259 e. The molecule has 0 saturated heterocycles. The highest BCUT2D eigenvalue weighted by Gasteiger charge is 2.04. The number of nitrogens with one attached hydrogen (secondary N) is 2. The zero-order chi connectivity index (χ0) is 16.7. The highest BCUT2D eigenvalue weighted by molar-refractivity contribution is 6.31. The zero-order valence-electron chi connectivity index (χ0n) is 13.0. The van der Waals surface area contributed by atoms with E-state index >= 15 is 0 Å². The van der Waals surface area contributed by atoms with Crippen molar-refractivity contribution in [3.8, 4) is 5.75 Å². The predicted molar refractivity (Wildman–Crippen MR) is 93.4 cm³/mol. The monoisotopic (exact) mass is 331 g/mol. The molecule has 2 N–H and O–H groups in total. The molecule has 2 aromatic rings. The topological polar surface area (TPSA) is 62.7 Å². The molecule has 0 unspecified atom stereocenters. The summed E-state index contributed by atoms with van der Waals surface area (Å²) in [6.45, 7) is 1.99. The number of carbonyl (C=O) groups is 1. The fraction of sp³-hybridized carbons (Fsp3) is 0.176. The van der Waals surface area contributed by atoms with Crippen LogP contribution in [0.5, 0.6) is 5.75 Å². The Labute approximate surface area is 140 Å². The Kier molecular flexibility index (Phi) is 6.00.